The number of nitrogens with zero attached hydrogens (tertiary/aromatic N) is 1. The predicted molar refractivity (Wildman–Crippen MR) is 98.2 cm³/mol. The van der Waals surface area contributed by atoms with Gasteiger partial charge in [-0.25, -0.2) is 0 Å². The van der Waals surface area contributed by atoms with Gasteiger partial charge in [0.1, 0.15) is 5.75 Å². The van der Waals surface area contributed by atoms with E-state index in [0.717, 1.165) is 5.56 Å². The molecule has 0 fully saturated rings. The average Bonchev–Trinajstić information content (AvgIpc) is 3.03. The SMILES string of the molecule is CN(Cc1csc2ccccc12)C(=O)c1ccc2c(c1)OCC(=O)N2. The smallest absolute Gasteiger partial charge is 0.262 e. The summed E-state index contributed by atoms with van der Waals surface area (Å²) in [5.74, 6) is 0.256. The van der Waals surface area contributed by atoms with E-state index < -0.39 is 0 Å². The summed E-state index contributed by atoms with van der Waals surface area (Å²) >= 11 is 1.68. The minimum absolute atomic E-state index is 0.0264. The maximum atomic E-state index is 12.7. The maximum Gasteiger partial charge on any atom is 0.262 e. The molecule has 2 aromatic carbocycles. The first-order valence-corrected chi connectivity index (χ1v) is 8.77. The largest absolute Gasteiger partial charge is 0.482 e. The molecule has 0 bridgehead atoms. The first-order valence-electron chi connectivity index (χ1n) is 7.89. The van der Waals surface area contributed by atoms with Gasteiger partial charge >= 0.3 is 0 Å². The average molecular weight is 352 g/mol. The number of amides is 2. The predicted octanol–water partition coefficient (Wildman–Crippen LogP) is 3.50. The molecular formula is C19H16N2O3S. The Hall–Kier alpha value is -2.86. The van der Waals surface area contributed by atoms with Crippen molar-refractivity contribution in [1.82, 2.24) is 4.90 Å². The Balaban J connectivity index is 1.55. The van der Waals surface area contributed by atoms with Gasteiger partial charge in [-0.15, -0.1) is 11.3 Å². The van der Waals surface area contributed by atoms with Gasteiger partial charge in [0, 0.05) is 23.9 Å². The molecule has 5 nitrogen and oxygen atoms in total. The van der Waals surface area contributed by atoms with E-state index in [0.29, 0.717) is 23.5 Å². The molecule has 6 heteroatoms. The van der Waals surface area contributed by atoms with Gasteiger partial charge in [0.2, 0.25) is 0 Å². The zero-order valence-corrected chi connectivity index (χ0v) is 14.4. The zero-order valence-electron chi connectivity index (χ0n) is 13.6. The summed E-state index contributed by atoms with van der Waals surface area (Å²) in [5.41, 5.74) is 2.27. The van der Waals surface area contributed by atoms with Crippen LogP contribution in [0.1, 0.15) is 15.9 Å². The molecule has 0 aliphatic carbocycles. The molecule has 126 valence electrons. The van der Waals surface area contributed by atoms with Crippen LogP contribution in [0.4, 0.5) is 5.69 Å². The zero-order chi connectivity index (χ0) is 17.4. The highest BCUT2D eigenvalue weighted by Crippen LogP contribution is 2.30. The van der Waals surface area contributed by atoms with Gasteiger partial charge in [-0.3, -0.25) is 9.59 Å². The second-order valence-electron chi connectivity index (χ2n) is 5.97. The third-order valence-corrected chi connectivity index (χ3v) is 5.19. The van der Waals surface area contributed by atoms with E-state index in [-0.39, 0.29) is 18.4 Å². The Morgan fingerprint density at radius 3 is 3.00 bits per heavy atom. The molecule has 4 rings (SSSR count). The van der Waals surface area contributed by atoms with E-state index in [4.69, 9.17) is 4.74 Å². The lowest BCUT2D eigenvalue weighted by molar-refractivity contribution is -0.118. The van der Waals surface area contributed by atoms with E-state index in [2.05, 4.69) is 22.8 Å². The van der Waals surface area contributed by atoms with Crippen molar-refractivity contribution in [3.63, 3.8) is 0 Å². The minimum Gasteiger partial charge on any atom is -0.482 e. The Labute approximate surface area is 148 Å². The molecule has 0 unspecified atom stereocenters. The first kappa shape index (κ1) is 15.7. The number of nitrogens with one attached hydrogen (secondary N) is 1. The molecule has 1 aliphatic heterocycles. The van der Waals surface area contributed by atoms with Crippen LogP contribution in [0.2, 0.25) is 0 Å². The summed E-state index contributed by atoms with van der Waals surface area (Å²) in [6, 6.07) is 13.3. The maximum absolute atomic E-state index is 12.7. The number of hydrogen-bond donors (Lipinski definition) is 1. The standard InChI is InChI=1S/C19H16N2O3S/c1-21(9-13-11-25-17-5-3-2-4-14(13)17)19(23)12-6-7-15-16(8-12)24-10-18(22)20-15/h2-8,11H,9-10H2,1H3,(H,20,22). The van der Waals surface area contributed by atoms with Crippen molar-refractivity contribution < 1.29 is 14.3 Å². The van der Waals surface area contributed by atoms with Crippen molar-refractivity contribution in [3.05, 3.63) is 59.0 Å². The van der Waals surface area contributed by atoms with Gasteiger partial charge in [0.15, 0.2) is 6.61 Å². The van der Waals surface area contributed by atoms with Crippen molar-refractivity contribution in [2.24, 2.45) is 0 Å². The van der Waals surface area contributed by atoms with Crippen LogP contribution in [0.3, 0.4) is 0 Å². The van der Waals surface area contributed by atoms with Gasteiger partial charge < -0.3 is 15.0 Å². The van der Waals surface area contributed by atoms with Crippen LogP contribution < -0.4 is 10.1 Å². The van der Waals surface area contributed by atoms with Crippen LogP contribution in [0.15, 0.2) is 47.8 Å². The lowest BCUT2D eigenvalue weighted by Gasteiger charge is -2.20. The Morgan fingerprint density at radius 2 is 2.12 bits per heavy atom. The number of thiophene rings is 1. The Morgan fingerprint density at radius 1 is 1.28 bits per heavy atom. The monoisotopic (exact) mass is 352 g/mol. The van der Waals surface area contributed by atoms with Crippen LogP contribution in [-0.2, 0) is 11.3 Å². The molecule has 1 N–H and O–H groups in total. The summed E-state index contributed by atoms with van der Waals surface area (Å²) in [6.07, 6.45) is 0. The molecule has 0 spiro atoms. The van der Waals surface area contributed by atoms with Crippen molar-refractivity contribution in [2.45, 2.75) is 6.54 Å². The van der Waals surface area contributed by atoms with E-state index in [1.807, 2.05) is 12.1 Å². The van der Waals surface area contributed by atoms with Crippen LogP contribution in [0, 0.1) is 0 Å². The summed E-state index contributed by atoms with van der Waals surface area (Å²) in [4.78, 5) is 25.8. The van der Waals surface area contributed by atoms with E-state index in [1.54, 1.807) is 41.5 Å². The summed E-state index contributed by atoms with van der Waals surface area (Å²) < 4.78 is 6.61. The number of hydrogen-bond acceptors (Lipinski definition) is 4. The number of rotatable bonds is 3. The second kappa shape index (κ2) is 6.22. The summed E-state index contributed by atoms with van der Waals surface area (Å²) in [7, 11) is 1.79. The molecule has 0 saturated carbocycles. The molecule has 1 aliphatic rings. The van der Waals surface area contributed by atoms with Gasteiger partial charge in [0.25, 0.3) is 11.8 Å². The number of ether oxygens (including phenoxy) is 1. The van der Waals surface area contributed by atoms with Crippen LogP contribution in [-0.4, -0.2) is 30.4 Å². The Kier molecular flexibility index (Phi) is 3.89. The molecule has 25 heavy (non-hydrogen) atoms. The normalized spacial score (nSPS) is 13.1. The van der Waals surface area contributed by atoms with E-state index in [1.165, 1.54) is 10.1 Å². The van der Waals surface area contributed by atoms with Crippen molar-refractivity contribution in [2.75, 3.05) is 19.0 Å². The van der Waals surface area contributed by atoms with E-state index in [9.17, 15) is 9.59 Å². The molecule has 2 heterocycles. The fourth-order valence-electron chi connectivity index (χ4n) is 2.91. The molecule has 0 radical (unpaired) electrons. The van der Waals surface area contributed by atoms with Crippen LogP contribution >= 0.6 is 11.3 Å². The van der Waals surface area contributed by atoms with Crippen molar-refractivity contribution >= 4 is 38.9 Å². The first-order chi connectivity index (χ1) is 12.1. The number of anilines is 1. The van der Waals surface area contributed by atoms with Crippen molar-refractivity contribution in [3.8, 4) is 5.75 Å². The van der Waals surface area contributed by atoms with Crippen LogP contribution in [0.25, 0.3) is 10.1 Å². The quantitative estimate of drug-likeness (QED) is 0.785. The Bertz CT molecular complexity index is 980. The van der Waals surface area contributed by atoms with Crippen LogP contribution in [0.5, 0.6) is 5.75 Å². The third kappa shape index (κ3) is 2.96. The van der Waals surface area contributed by atoms with Gasteiger partial charge in [0.05, 0.1) is 5.69 Å². The molecular weight excluding hydrogens is 336 g/mol. The molecule has 3 aromatic rings. The van der Waals surface area contributed by atoms with Crippen molar-refractivity contribution in [1.29, 1.82) is 0 Å². The minimum atomic E-state index is -0.187. The van der Waals surface area contributed by atoms with Gasteiger partial charge in [-0.1, -0.05) is 18.2 Å². The third-order valence-electron chi connectivity index (χ3n) is 4.18. The second-order valence-corrected chi connectivity index (χ2v) is 6.88. The highest BCUT2D eigenvalue weighted by Gasteiger charge is 2.20. The number of benzene rings is 2. The number of fused-ring (bicyclic) bond motifs is 2. The summed E-state index contributed by atoms with van der Waals surface area (Å²) in [6.45, 7) is 0.513. The van der Waals surface area contributed by atoms with Gasteiger partial charge in [-0.2, -0.15) is 0 Å². The van der Waals surface area contributed by atoms with Gasteiger partial charge in [-0.05, 0) is 40.6 Å². The molecule has 0 atom stereocenters. The molecule has 0 saturated heterocycles. The highest BCUT2D eigenvalue weighted by atomic mass is 32.1. The number of carbonyl (C=O) groups excluding carboxylic acids is 2. The van der Waals surface area contributed by atoms with E-state index >= 15 is 0 Å². The topological polar surface area (TPSA) is 58.6 Å². The molecule has 1 aromatic heterocycles. The highest BCUT2D eigenvalue weighted by molar-refractivity contribution is 7.17. The molecule has 2 amide bonds. The summed E-state index contributed by atoms with van der Waals surface area (Å²) in [5, 5.41) is 6.01. The number of carbonyl (C=O) groups is 2. The fraction of sp³-hybridized carbons (Fsp3) is 0.158. The fourth-order valence-corrected chi connectivity index (χ4v) is 3.86. The lowest BCUT2D eigenvalue weighted by atomic mass is 10.1. The lowest BCUT2D eigenvalue weighted by Crippen LogP contribution is -2.28.